The maximum Gasteiger partial charge on any atom is 0.342 e. The number of nitrogens with zero attached hydrogens (tertiary/aromatic N) is 1. The number of methoxy groups -OCH3 is 1. The van der Waals surface area contributed by atoms with E-state index >= 15 is 0 Å². The second-order valence-electron chi connectivity index (χ2n) is 9.04. The van der Waals surface area contributed by atoms with E-state index < -0.39 is 17.5 Å². The number of para-hydroxylation sites is 1. The van der Waals surface area contributed by atoms with Crippen molar-refractivity contribution in [2.45, 2.75) is 44.8 Å². The van der Waals surface area contributed by atoms with Gasteiger partial charge in [0.25, 0.3) is 5.91 Å². The van der Waals surface area contributed by atoms with Crippen LogP contribution >= 0.6 is 11.6 Å². The average Bonchev–Trinajstić information content (AvgIpc) is 2.87. The number of rotatable bonds is 9. The first-order valence-electron chi connectivity index (χ1n) is 11.6. The predicted molar refractivity (Wildman–Crippen MR) is 139 cm³/mol. The summed E-state index contributed by atoms with van der Waals surface area (Å²) in [4.78, 5) is 26.1. The van der Waals surface area contributed by atoms with Gasteiger partial charge >= 0.3 is 5.97 Å². The lowest BCUT2D eigenvalue weighted by Gasteiger charge is -2.30. The van der Waals surface area contributed by atoms with Gasteiger partial charge in [-0.25, -0.2) is 4.79 Å². The number of ether oxygens (including phenoxy) is 2. The zero-order valence-corrected chi connectivity index (χ0v) is 21.5. The van der Waals surface area contributed by atoms with E-state index in [9.17, 15) is 14.9 Å². The quantitative estimate of drug-likeness (QED) is 0.378. The lowest BCUT2D eigenvalue weighted by molar-refractivity contribution is -0.138. The SMILES string of the molecule is COc1ccccc1C(=O)OC(C)(C)C(=O)N[C@@H](C)[C@@H](Cc1ccc(Cl)cc1)c1cccc(C#N)c1. The summed E-state index contributed by atoms with van der Waals surface area (Å²) in [6.07, 6.45) is 0.606. The van der Waals surface area contributed by atoms with Crippen LogP contribution in [-0.4, -0.2) is 30.6 Å². The highest BCUT2D eigenvalue weighted by Gasteiger charge is 2.35. The molecule has 7 heteroatoms. The number of nitrogens with one attached hydrogen (secondary N) is 1. The molecule has 3 aromatic rings. The topological polar surface area (TPSA) is 88.4 Å². The van der Waals surface area contributed by atoms with Gasteiger partial charge in [0.2, 0.25) is 0 Å². The minimum atomic E-state index is -1.44. The molecule has 1 amide bonds. The van der Waals surface area contributed by atoms with Gasteiger partial charge < -0.3 is 14.8 Å². The van der Waals surface area contributed by atoms with Crippen molar-refractivity contribution in [2.75, 3.05) is 7.11 Å². The highest BCUT2D eigenvalue weighted by molar-refractivity contribution is 6.30. The molecule has 0 saturated carbocycles. The molecule has 0 aliphatic heterocycles. The van der Waals surface area contributed by atoms with E-state index in [-0.39, 0.29) is 17.5 Å². The Balaban J connectivity index is 1.81. The number of nitriles is 1. The Kier molecular flexibility index (Phi) is 8.73. The molecule has 0 bridgehead atoms. The van der Waals surface area contributed by atoms with E-state index in [2.05, 4.69) is 11.4 Å². The summed E-state index contributed by atoms with van der Waals surface area (Å²) in [5.41, 5.74) is 1.29. The number of halogens is 1. The summed E-state index contributed by atoms with van der Waals surface area (Å²) in [5.74, 6) is -0.868. The monoisotopic (exact) mass is 504 g/mol. The third-order valence-corrected chi connectivity index (χ3v) is 6.25. The third-order valence-electron chi connectivity index (χ3n) is 6.00. The van der Waals surface area contributed by atoms with Crippen LogP contribution in [0.4, 0.5) is 0 Å². The third kappa shape index (κ3) is 6.65. The van der Waals surface area contributed by atoms with Gasteiger partial charge in [-0.2, -0.15) is 5.26 Å². The van der Waals surface area contributed by atoms with Gasteiger partial charge in [0.05, 0.1) is 18.7 Å². The fourth-order valence-corrected chi connectivity index (χ4v) is 4.05. The first-order valence-corrected chi connectivity index (χ1v) is 11.9. The minimum Gasteiger partial charge on any atom is -0.496 e. The molecule has 0 aromatic heterocycles. The number of amides is 1. The van der Waals surface area contributed by atoms with Crippen molar-refractivity contribution in [3.8, 4) is 11.8 Å². The standard InChI is InChI=1S/C29H29ClN2O4/c1-19(32-28(34)29(2,3)36-27(33)24-10-5-6-11-26(24)35-4)25(17-20-12-14-23(30)15-13-20)22-9-7-8-21(16-22)18-31/h5-16,19,25H,17H2,1-4H3,(H,32,34)/t19-,25+/m0/s1. The average molecular weight is 505 g/mol. The molecule has 0 heterocycles. The molecule has 0 aliphatic rings. The summed E-state index contributed by atoms with van der Waals surface area (Å²) in [7, 11) is 1.47. The van der Waals surface area contributed by atoms with E-state index in [1.165, 1.54) is 7.11 Å². The number of hydrogen-bond acceptors (Lipinski definition) is 5. The molecule has 0 radical (unpaired) electrons. The molecule has 3 aromatic carbocycles. The van der Waals surface area contributed by atoms with Crippen LogP contribution < -0.4 is 10.1 Å². The van der Waals surface area contributed by atoms with E-state index in [1.807, 2.05) is 49.4 Å². The smallest absolute Gasteiger partial charge is 0.342 e. The molecule has 0 aliphatic carbocycles. The molecular formula is C29H29ClN2O4. The predicted octanol–water partition coefficient (Wildman–Crippen LogP) is 5.69. The number of carbonyl (C=O) groups is 2. The van der Waals surface area contributed by atoms with Crippen LogP contribution in [0.25, 0.3) is 0 Å². The molecule has 3 rings (SSSR count). The van der Waals surface area contributed by atoms with E-state index in [0.29, 0.717) is 22.8 Å². The van der Waals surface area contributed by atoms with Gasteiger partial charge in [0, 0.05) is 17.0 Å². The van der Waals surface area contributed by atoms with E-state index in [0.717, 1.165) is 11.1 Å². The second-order valence-corrected chi connectivity index (χ2v) is 9.47. The first kappa shape index (κ1) is 26.8. The van der Waals surface area contributed by atoms with Crippen molar-refractivity contribution in [1.29, 1.82) is 5.26 Å². The van der Waals surface area contributed by atoms with Crippen molar-refractivity contribution in [2.24, 2.45) is 0 Å². The first-order chi connectivity index (χ1) is 17.1. The van der Waals surface area contributed by atoms with Crippen LogP contribution in [-0.2, 0) is 16.0 Å². The van der Waals surface area contributed by atoms with E-state index in [1.54, 1.807) is 44.2 Å². The summed E-state index contributed by atoms with van der Waals surface area (Å²) < 4.78 is 10.8. The van der Waals surface area contributed by atoms with Crippen molar-refractivity contribution in [3.63, 3.8) is 0 Å². The zero-order valence-electron chi connectivity index (χ0n) is 20.7. The molecule has 0 fully saturated rings. The number of hydrogen-bond donors (Lipinski definition) is 1. The molecule has 6 nitrogen and oxygen atoms in total. The van der Waals surface area contributed by atoms with Crippen LogP contribution in [0.5, 0.6) is 5.75 Å². The Morgan fingerprint density at radius 2 is 1.75 bits per heavy atom. The molecule has 0 unspecified atom stereocenters. The van der Waals surface area contributed by atoms with Gasteiger partial charge in [-0.05, 0) is 74.7 Å². The minimum absolute atomic E-state index is 0.149. The van der Waals surface area contributed by atoms with Gasteiger partial charge in [-0.3, -0.25) is 4.79 Å². The molecule has 36 heavy (non-hydrogen) atoms. The highest BCUT2D eigenvalue weighted by Crippen LogP contribution is 2.27. The summed E-state index contributed by atoms with van der Waals surface area (Å²) in [5, 5.41) is 13.0. The van der Waals surface area contributed by atoms with Gasteiger partial charge in [0.1, 0.15) is 11.3 Å². The van der Waals surface area contributed by atoms with Crippen molar-refractivity contribution in [3.05, 3.63) is 100 Å². The Bertz CT molecular complexity index is 1260. The van der Waals surface area contributed by atoms with Crippen LogP contribution in [0.15, 0.2) is 72.8 Å². The Morgan fingerprint density at radius 1 is 1.06 bits per heavy atom. The van der Waals surface area contributed by atoms with E-state index in [4.69, 9.17) is 21.1 Å². The number of carbonyl (C=O) groups excluding carboxylic acids is 2. The molecular weight excluding hydrogens is 476 g/mol. The van der Waals surface area contributed by atoms with Crippen LogP contribution in [0.1, 0.15) is 53.7 Å². The fraction of sp³-hybridized carbons (Fsp3) is 0.276. The number of esters is 1. The molecule has 0 spiro atoms. The largest absolute Gasteiger partial charge is 0.496 e. The lowest BCUT2D eigenvalue weighted by atomic mass is 9.85. The fourth-order valence-electron chi connectivity index (χ4n) is 3.92. The highest BCUT2D eigenvalue weighted by atomic mass is 35.5. The van der Waals surface area contributed by atoms with Gasteiger partial charge in [-0.15, -0.1) is 0 Å². The lowest BCUT2D eigenvalue weighted by Crippen LogP contribution is -2.50. The van der Waals surface area contributed by atoms with Crippen molar-refractivity contribution < 1.29 is 19.1 Å². The molecule has 186 valence electrons. The summed E-state index contributed by atoms with van der Waals surface area (Å²) in [6, 6.07) is 23.4. The summed E-state index contributed by atoms with van der Waals surface area (Å²) >= 11 is 6.05. The summed E-state index contributed by atoms with van der Waals surface area (Å²) in [6.45, 7) is 5.00. The van der Waals surface area contributed by atoms with Gasteiger partial charge in [-0.1, -0.05) is 48.0 Å². The second kappa shape index (κ2) is 11.7. The molecule has 2 atom stereocenters. The Morgan fingerprint density at radius 3 is 2.42 bits per heavy atom. The molecule has 1 N–H and O–H groups in total. The maximum atomic E-state index is 13.3. The van der Waals surface area contributed by atoms with Crippen LogP contribution in [0.3, 0.4) is 0 Å². The zero-order chi connectivity index (χ0) is 26.3. The Hall–Kier alpha value is -3.82. The van der Waals surface area contributed by atoms with Crippen molar-refractivity contribution in [1.82, 2.24) is 5.32 Å². The number of benzene rings is 3. The maximum absolute atomic E-state index is 13.3. The van der Waals surface area contributed by atoms with Crippen LogP contribution in [0, 0.1) is 11.3 Å². The van der Waals surface area contributed by atoms with Crippen molar-refractivity contribution >= 4 is 23.5 Å². The Labute approximate surface area is 216 Å². The molecule has 0 saturated heterocycles. The van der Waals surface area contributed by atoms with Gasteiger partial charge in [0.15, 0.2) is 5.60 Å². The van der Waals surface area contributed by atoms with Crippen LogP contribution in [0.2, 0.25) is 5.02 Å². The normalized spacial score (nSPS) is 12.7.